The Morgan fingerprint density at radius 1 is 1.35 bits per heavy atom. The molecule has 1 aliphatic heterocycles. The van der Waals surface area contributed by atoms with Crippen LogP contribution >= 0.6 is 0 Å². The number of carboxylic acid groups (broad SMARTS) is 1. The first kappa shape index (κ1) is 17.1. The maximum atomic E-state index is 10.7. The molecule has 0 atom stereocenters. The third-order valence-corrected chi connectivity index (χ3v) is 6.25. The smallest absolute Gasteiger partial charge is 0.478 e. The van der Waals surface area contributed by atoms with E-state index in [9.17, 15) is 4.79 Å². The predicted molar refractivity (Wildman–Crippen MR) is 76.1 cm³/mol. The van der Waals surface area contributed by atoms with Gasteiger partial charge < -0.3 is 18.4 Å². The van der Waals surface area contributed by atoms with Gasteiger partial charge in [0, 0.05) is 33.8 Å². The van der Waals surface area contributed by atoms with Crippen LogP contribution in [0.5, 0.6) is 0 Å². The lowest BCUT2D eigenvalue weighted by Gasteiger charge is -2.25. The van der Waals surface area contributed by atoms with Gasteiger partial charge in [-0.25, -0.2) is 4.79 Å². The van der Waals surface area contributed by atoms with E-state index < -0.39 is 14.8 Å². The van der Waals surface area contributed by atoms with Crippen LogP contribution in [0.3, 0.4) is 0 Å². The molecule has 7 nitrogen and oxygen atoms in total. The van der Waals surface area contributed by atoms with E-state index >= 15 is 0 Å². The number of nitrogens with zero attached hydrogens (tertiary/aromatic N) is 2. The first-order valence-corrected chi connectivity index (χ1v) is 8.69. The number of carbonyl (C=O) groups is 1. The molecule has 0 saturated heterocycles. The molecule has 0 aromatic carbocycles. The Morgan fingerprint density at radius 2 is 2.00 bits per heavy atom. The molecule has 1 rings (SSSR count). The Labute approximate surface area is 121 Å². The number of aliphatic carboxylic acids is 1. The highest BCUT2D eigenvalue weighted by Gasteiger charge is 2.37. The van der Waals surface area contributed by atoms with E-state index in [2.05, 4.69) is 4.90 Å². The summed E-state index contributed by atoms with van der Waals surface area (Å²) >= 11 is 0. The molecule has 116 valence electrons. The second kappa shape index (κ2) is 8.35. The van der Waals surface area contributed by atoms with E-state index in [0.717, 1.165) is 38.5 Å². The van der Waals surface area contributed by atoms with Gasteiger partial charge in [-0.05, 0) is 6.42 Å². The monoisotopic (exact) mass is 305 g/mol. The molecule has 0 spiro atoms. The molecule has 0 saturated carbocycles. The molecular formula is C12H25N2O5Si+. The van der Waals surface area contributed by atoms with E-state index in [4.69, 9.17) is 18.4 Å². The van der Waals surface area contributed by atoms with Gasteiger partial charge in [0.2, 0.25) is 6.34 Å². The Kier molecular flexibility index (Phi) is 7.14. The maximum absolute atomic E-state index is 10.7. The fourth-order valence-electron chi connectivity index (χ4n) is 2.34. The van der Waals surface area contributed by atoms with Crippen LogP contribution in [0.15, 0.2) is 0 Å². The van der Waals surface area contributed by atoms with E-state index in [0.29, 0.717) is 0 Å². The van der Waals surface area contributed by atoms with E-state index in [1.807, 2.05) is 10.9 Å². The number of carboxylic acids is 1. The van der Waals surface area contributed by atoms with Crippen LogP contribution < -0.4 is 0 Å². The largest absolute Gasteiger partial charge is 0.500 e. The molecule has 1 heterocycles. The van der Waals surface area contributed by atoms with Gasteiger partial charge in [0.1, 0.15) is 0 Å². The van der Waals surface area contributed by atoms with E-state index in [1.165, 1.54) is 0 Å². The second-order valence-electron chi connectivity index (χ2n) is 4.77. The lowest BCUT2D eigenvalue weighted by atomic mass is 10.3. The van der Waals surface area contributed by atoms with Crippen molar-refractivity contribution in [3.63, 3.8) is 0 Å². The minimum Gasteiger partial charge on any atom is -0.478 e. The summed E-state index contributed by atoms with van der Waals surface area (Å²) in [5.74, 6) is -0.798. The number of rotatable bonds is 9. The van der Waals surface area contributed by atoms with Gasteiger partial charge in [0.15, 0.2) is 6.54 Å². The molecule has 0 unspecified atom stereocenters. The van der Waals surface area contributed by atoms with Crippen LogP contribution in [0.2, 0.25) is 6.04 Å². The molecule has 0 amide bonds. The molecular weight excluding hydrogens is 280 g/mol. The van der Waals surface area contributed by atoms with Gasteiger partial charge in [-0.15, -0.1) is 0 Å². The zero-order valence-electron chi connectivity index (χ0n) is 12.5. The molecule has 0 aliphatic carbocycles. The third-order valence-electron chi connectivity index (χ3n) is 3.42. The Bertz CT molecular complexity index is 338. The molecule has 0 radical (unpaired) electrons. The first-order valence-electron chi connectivity index (χ1n) is 6.75. The predicted octanol–water partition coefficient (Wildman–Crippen LogP) is 0.0857. The van der Waals surface area contributed by atoms with Crippen LogP contribution in [-0.4, -0.2) is 83.2 Å². The zero-order chi connectivity index (χ0) is 15.0. The summed E-state index contributed by atoms with van der Waals surface area (Å²) in [6.07, 6.45) is 3.78. The molecule has 1 aliphatic rings. The summed E-state index contributed by atoms with van der Waals surface area (Å²) in [5.41, 5.74) is 0. The average molecular weight is 305 g/mol. The Hall–Kier alpha value is -0.963. The van der Waals surface area contributed by atoms with Crippen molar-refractivity contribution in [2.75, 3.05) is 47.5 Å². The highest BCUT2D eigenvalue weighted by atomic mass is 28.4. The summed E-state index contributed by atoms with van der Waals surface area (Å²) in [5, 5.41) is 8.81. The van der Waals surface area contributed by atoms with Crippen LogP contribution in [0.1, 0.15) is 12.8 Å². The molecule has 0 bridgehead atoms. The van der Waals surface area contributed by atoms with Crippen LogP contribution in [0, 0.1) is 0 Å². The fourth-order valence-corrected chi connectivity index (χ4v) is 4.04. The van der Waals surface area contributed by atoms with E-state index in [1.54, 1.807) is 21.3 Å². The fraction of sp³-hybridized carbons (Fsp3) is 0.833. The third kappa shape index (κ3) is 5.20. The van der Waals surface area contributed by atoms with Crippen molar-refractivity contribution < 1.29 is 27.8 Å². The van der Waals surface area contributed by atoms with E-state index in [-0.39, 0.29) is 6.54 Å². The quantitative estimate of drug-likeness (QED) is 0.481. The summed E-state index contributed by atoms with van der Waals surface area (Å²) in [7, 11) is 2.34. The first-order chi connectivity index (χ1) is 9.55. The number of hydrogen-bond donors (Lipinski definition) is 1. The zero-order valence-corrected chi connectivity index (χ0v) is 13.5. The summed E-state index contributed by atoms with van der Waals surface area (Å²) < 4.78 is 18.0. The summed E-state index contributed by atoms with van der Waals surface area (Å²) in [6, 6.07) is 0.750. The minimum atomic E-state index is -2.49. The van der Waals surface area contributed by atoms with Crippen LogP contribution in [0.4, 0.5) is 0 Å². The Morgan fingerprint density at radius 3 is 2.55 bits per heavy atom. The van der Waals surface area contributed by atoms with Crippen molar-refractivity contribution in [1.82, 2.24) is 4.90 Å². The van der Waals surface area contributed by atoms with Gasteiger partial charge >= 0.3 is 14.8 Å². The van der Waals surface area contributed by atoms with Crippen molar-refractivity contribution >= 4 is 21.1 Å². The van der Waals surface area contributed by atoms with Crippen molar-refractivity contribution in [3.8, 4) is 0 Å². The second-order valence-corrected chi connectivity index (χ2v) is 7.86. The van der Waals surface area contributed by atoms with Crippen LogP contribution in [-0.2, 0) is 18.1 Å². The topological polar surface area (TPSA) is 71.2 Å². The SMILES string of the molecule is CO[Si](CCCN1C=[N+](CC(=O)O)CCC1)(OC)OC. The maximum Gasteiger partial charge on any atom is 0.500 e. The minimum absolute atomic E-state index is 0.0589. The number of hydrogen-bond acceptors (Lipinski definition) is 5. The van der Waals surface area contributed by atoms with Gasteiger partial charge in [0.25, 0.3) is 0 Å². The van der Waals surface area contributed by atoms with Crippen molar-refractivity contribution in [3.05, 3.63) is 0 Å². The molecule has 0 aromatic heterocycles. The molecule has 0 fully saturated rings. The van der Waals surface area contributed by atoms with Crippen molar-refractivity contribution in [1.29, 1.82) is 0 Å². The van der Waals surface area contributed by atoms with Gasteiger partial charge in [-0.2, -0.15) is 0 Å². The van der Waals surface area contributed by atoms with Crippen molar-refractivity contribution in [2.45, 2.75) is 18.9 Å². The van der Waals surface area contributed by atoms with Gasteiger partial charge in [-0.1, -0.05) is 0 Å². The molecule has 8 heteroatoms. The van der Waals surface area contributed by atoms with Crippen LogP contribution in [0.25, 0.3) is 0 Å². The van der Waals surface area contributed by atoms with Gasteiger partial charge in [0.05, 0.1) is 19.6 Å². The average Bonchev–Trinajstić information content (AvgIpc) is 2.44. The molecule has 0 aromatic rings. The standard InChI is InChI=1S/C12H24N2O5Si/c1-17-20(18-2,19-3)9-5-8-13-6-4-7-14(11-13)10-12(15)16/h11H,4-10H2,1-3H3/p+1. The Balaban J connectivity index is 2.43. The summed E-state index contributed by atoms with van der Waals surface area (Å²) in [6.45, 7) is 2.66. The van der Waals surface area contributed by atoms with Crippen molar-refractivity contribution in [2.24, 2.45) is 0 Å². The highest BCUT2D eigenvalue weighted by molar-refractivity contribution is 6.60. The molecule has 20 heavy (non-hydrogen) atoms. The normalized spacial score (nSPS) is 16.1. The lowest BCUT2D eigenvalue weighted by Crippen LogP contribution is -2.44. The summed E-state index contributed by atoms with van der Waals surface area (Å²) in [4.78, 5) is 12.9. The molecule has 1 N–H and O–H groups in total. The highest BCUT2D eigenvalue weighted by Crippen LogP contribution is 2.15. The lowest BCUT2D eigenvalue weighted by molar-refractivity contribution is -0.523. The van der Waals surface area contributed by atoms with Gasteiger partial charge in [-0.3, -0.25) is 9.48 Å².